The van der Waals surface area contributed by atoms with Gasteiger partial charge in [-0.1, -0.05) is 109 Å². The van der Waals surface area contributed by atoms with Gasteiger partial charge in [0.1, 0.15) is 0 Å². The van der Waals surface area contributed by atoms with Crippen LogP contribution in [0.5, 0.6) is 0 Å². The van der Waals surface area contributed by atoms with Crippen molar-refractivity contribution in [2.24, 2.45) is 0 Å². The van der Waals surface area contributed by atoms with Gasteiger partial charge in [0, 0.05) is 58.3 Å². The smallest absolute Gasteiger partial charge is 0.481 e. The average molecular weight is 829 g/mol. The number of carbonyl (C=O) groups is 3. The second-order valence-corrected chi connectivity index (χ2v) is 12.9. The third kappa shape index (κ3) is 7.88. The number of aromatic carboxylic acids is 1. The van der Waals surface area contributed by atoms with Crippen molar-refractivity contribution in [3.63, 3.8) is 0 Å². The van der Waals surface area contributed by atoms with Crippen molar-refractivity contribution in [1.29, 1.82) is 0 Å². The molecule has 0 saturated heterocycles. The Labute approximate surface area is 346 Å². The maximum Gasteiger partial charge on any atom is 2.00 e. The zero-order valence-corrected chi connectivity index (χ0v) is 32.2. The molecule has 59 heavy (non-hydrogen) atoms. The van der Waals surface area contributed by atoms with E-state index < -0.39 is 11.9 Å². The van der Waals surface area contributed by atoms with E-state index in [0.29, 0.717) is 52.4 Å². The van der Waals surface area contributed by atoms with Gasteiger partial charge in [-0.2, -0.15) is 0 Å². The molecule has 0 saturated carbocycles. The summed E-state index contributed by atoms with van der Waals surface area (Å²) in [5, 5.41) is 22.3. The first-order valence-electron chi connectivity index (χ1n) is 18.1. The predicted octanol–water partition coefficient (Wildman–Crippen LogP) is 7.35. The van der Waals surface area contributed by atoms with E-state index in [2.05, 4.69) is 5.32 Å². The number of fused-ring (bicyclic) bond motifs is 20. The van der Waals surface area contributed by atoms with Gasteiger partial charge in [0.15, 0.2) is 0 Å². The number of nitrogens with one attached hydrogen (secondary N) is 1. The number of hydrogen-bond donors (Lipinski definition) is 3. The zero-order chi connectivity index (χ0) is 40.3. The molecule has 2 aliphatic heterocycles. The molecule has 0 aliphatic carbocycles. The quantitative estimate of drug-likeness (QED) is 0.149. The fraction of sp³-hybridized carbons (Fsp3) is 0.0682. The van der Waals surface area contributed by atoms with Crippen molar-refractivity contribution in [1.82, 2.24) is 45.2 Å². The first kappa shape index (κ1) is 39.6. The average Bonchev–Trinajstić information content (AvgIpc) is 3.97. The molecule has 0 fully saturated rings. The Morgan fingerprint density at radius 1 is 0.492 bits per heavy atom. The van der Waals surface area contributed by atoms with Crippen LogP contribution in [0.3, 0.4) is 0 Å². The number of carboxylic acid groups (broad SMARTS) is 2. The molecule has 8 bridgehead atoms. The number of rotatable bonds is 3. The number of amides is 1. The summed E-state index contributed by atoms with van der Waals surface area (Å²) in [6, 6.07) is 38.0. The van der Waals surface area contributed by atoms with Crippen molar-refractivity contribution >= 4 is 62.0 Å². The van der Waals surface area contributed by atoms with Gasteiger partial charge >= 0.3 is 23.0 Å². The fourth-order valence-electron chi connectivity index (χ4n) is 6.58. The molecule has 0 spiro atoms. The molecule has 0 unspecified atom stereocenters. The summed E-state index contributed by atoms with van der Waals surface area (Å²) in [7, 11) is 0. The Hall–Kier alpha value is -7.61. The zero-order valence-electron chi connectivity index (χ0n) is 31.3. The van der Waals surface area contributed by atoms with Gasteiger partial charge in [-0.15, -0.1) is 0 Å². The summed E-state index contributed by atoms with van der Waals surface area (Å²) in [5.41, 5.74) is 6.00. The molecule has 3 aromatic heterocycles. The second-order valence-electron chi connectivity index (χ2n) is 12.9. The van der Waals surface area contributed by atoms with Gasteiger partial charge in [0.2, 0.25) is 0 Å². The molecule has 8 aromatic rings. The molecular weight excluding hydrogens is 798 g/mol. The molecule has 2 aliphatic rings. The maximum absolute atomic E-state index is 11.4. The van der Waals surface area contributed by atoms with Gasteiger partial charge in [0.05, 0.1) is 34.4 Å². The van der Waals surface area contributed by atoms with E-state index in [-0.39, 0.29) is 34.1 Å². The summed E-state index contributed by atoms with van der Waals surface area (Å²) in [6.07, 6.45) is 0. The number of benzene rings is 5. The van der Waals surface area contributed by atoms with Crippen molar-refractivity contribution in [2.45, 2.75) is 13.8 Å². The molecule has 0 atom stereocenters. The fourth-order valence-corrected chi connectivity index (χ4v) is 6.58. The third-order valence-electron chi connectivity index (χ3n) is 9.07. The predicted molar refractivity (Wildman–Crippen MR) is 219 cm³/mol. The number of aliphatic carboxylic acids is 1. The van der Waals surface area contributed by atoms with Gasteiger partial charge in [-0.3, -0.25) is 9.59 Å². The molecule has 1 amide bonds. The van der Waals surface area contributed by atoms with Crippen molar-refractivity contribution in [2.75, 3.05) is 6.54 Å². The van der Waals surface area contributed by atoms with Gasteiger partial charge in [0.25, 0.3) is 11.9 Å². The van der Waals surface area contributed by atoms with Crippen LogP contribution in [0.25, 0.3) is 89.7 Å². The van der Waals surface area contributed by atoms with Crippen LogP contribution >= 0.6 is 0 Å². The molecule has 14 nitrogen and oxygen atoms in total. The van der Waals surface area contributed by atoms with E-state index in [1.165, 1.54) is 12.1 Å². The Balaban J connectivity index is 0.000000235. The van der Waals surface area contributed by atoms with Crippen LogP contribution in [0.15, 0.2) is 121 Å². The minimum atomic E-state index is -1.09. The van der Waals surface area contributed by atoms with Crippen LogP contribution in [0, 0.1) is 0 Å². The van der Waals surface area contributed by atoms with Gasteiger partial charge < -0.3 is 45.4 Å². The number of carbonyl (C=O) groups excluding carboxylic acids is 1. The molecule has 10 rings (SSSR count). The molecule has 5 heterocycles. The van der Waals surface area contributed by atoms with E-state index in [4.69, 9.17) is 54.9 Å². The van der Waals surface area contributed by atoms with Crippen LogP contribution < -0.4 is 15.3 Å². The standard InChI is InChI=1S/C32H16N8.C10H11NO3.C2H4O2.Cu/c1-2-10-18-17(9-1)25-33-26(18)38-28-21-13-5-6-14-22(21)30(35-28)40-32-24-16-8-7-15-23(24)31(36-32)39-29-20-12-4-3-11-19(20)27(34-29)37-25;1-2-11-9(12)7-5-3-4-6-8(7)10(13)14;1-2(3)4;/h1-16H;3-6H,2H2,1H3,(H,11,12)(H,13,14);1H3,(H,3,4);/q-2;;;+2. The Kier molecular flexibility index (Phi) is 11.3. The minimum absolute atomic E-state index is 0. The number of carboxylic acids is 2. The van der Waals surface area contributed by atoms with Crippen LogP contribution in [0.1, 0.15) is 34.6 Å². The summed E-state index contributed by atoms with van der Waals surface area (Å²) in [6.45, 7) is 3.34. The summed E-state index contributed by atoms with van der Waals surface area (Å²) in [4.78, 5) is 70.4. The van der Waals surface area contributed by atoms with Crippen molar-refractivity contribution in [3.8, 4) is 45.6 Å². The van der Waals surface area contributed by atoms with Crippen molar-refractivity contribution < 1.29 is 41.7 Å². The van der Waals surface area contributed by atoms with E-state index >= 15 is 0 Å². The number of nitrogens with zero attached hydrogens (tertiary/aromatic N) is 8. The summed E-state index contributed by atoms with van der Waals surface area (Å²) >= 11 is 0. The Bertz CT molecular complexity index is 2780. The summed E-state index contributed by atoms with van der Waals surface area (Å²) < 4.78 is 0. The molecular formula is C44H31CuN9O5. The first-order valence-corrected chi connectivity index (χ1v) is 18.1. The number of aromatic nitrogens is 8. The van der Waals surface area contributed by atoms with Crippen LogP contribution in [-0.2, 0) is 21.9 Å². The van der Waals surface area contributed by atoms with E-state index in [0.717, 1.165) is 50.7 Å². The Morgan fingerprint density at radius 3 is 1.08 bits per heavy atom. The Morgan fingerprint density at radius 2 is 0.780 bits per heavy atom. The van der Waals surface area contributed by atoms with Crippen molar-refractivity contribution in [3.05, 3.63) is 132 Å². The van der Waals surface area contributed by atoms with Crippen LogP contribution in [0.2, 0.25) is 0 Å². The number of hydrogen-bond acceptors (Lipinski definition) is 9. The summed E-state index contributed by atoms with van der Waals surface area (Å²) in [5.74, 6) is -0.0721. The van der Waals surface area contributed by atoms with E-state index in [1.807, 2.05) is 97.1 Å². The molecule has 5 aromatic carbocycles. The molecule has 15 heteroatoms. The van der Waals surface area contributed by atoms with E-state index in [1.54, 1.807) is 19.1 Å². The van der Waals surface area contributed by atoms with Crippen LogP contribution in [-0.4, -0.2) is 64.5 Å². The third-order valence-corrected chi connectivity index (χ3v) is 9.07. The SMILES string of the molecule is CC(=O)O.CCNC(=O)c1ccccc1C(=O)O.[Cu+2].c1ccc2c(c1)-c1nc-2nc2[n-]c(nc3nc(nc4[n-]c(n1)c1ccccc41)-c1ccccc1-3)c1ccccc21. The van der Waals surface area contributed by atoms with Gasteiger partial charge in [-0.25, -0.2) is 14.8 Å². The molecule has 3 N–H and O–H groups in total. The topological polar surface area (TPSA) is 209 Å². The molecule has 293 valence electrons. The van der Waals surface area contributed by atoms with Crippen LogP contribution in [0.4, 0.5) is 0 Å². The van der Waals surface area contributed by atoms with E-state index in [9.17, 15) is 9.59 Å². The normalized spacial score (nSPS) is 10.8. The minimum Gasteiger partial charge on any atom is -0.481 e. The van der Waals surface area contributed by atoms with Gasteiger partial charge in [-0.05, 0) is 40.6 Å². The molecule has 1 radical (unpaired) electrons. The second kappa shape index (κ2) is 16.9. The monoisotopic (exact) mass is 828 g/mol. The largest absolute Gasteiger partial charge is 2.00 e. The maximum atomic E-state index is 11.4. The first-order chi connectivity index (χ1) is 28.2.